The first-order valence-electron chi connectivity index (χ1n) is 40.4. The van der Waals surface area contributed by atoms with E-state index in [0.717, 1.165) is 12.2 Å². The number of nitrogens with two attached hydrogens (primary N) is 1. The van der Waals surface area contributed by atoms with Crippen molar-refractivity contribution in [2.45, 2.75) is 163 Å². The van der Waals surface area contributed by atoms with Gasteiger partial charge in [0.05, 0.1) is 113 Å². The van der Waals surface area contributed by atoms with Crippen LogP contribution in [0.4, 0.5) is 50.9 Å². The zero-order valence-electron chi connectivity index (χ0n) is 73.2. The van der Waals surface area contributed by atoms with E-state index in [2.05, 4.69) is 163 Å². The van der Waals surface area contributed by atoms with Crippen LogP contribution in [0.25, 0.3) is 54.8 Å². The number of aliphatic carboxylic acids is 1. The summed E-state index contributed by atoms with van der Waals surface area (Å²) in [7, 11) is 15.2. The molecule has 4 saturated heterocycles. The number of nitrogens with zero attached hydrogens (tertiary/aromatic N) is 20. The van der Waals surface area contributed by atoms with E-state index >= 15 is 0 Å². The second-order valence-electron chi connectivity index (χ2n) is 31.5. The maximum absolute atomic E-state index is 14.9. The van der Waals surface area contributed by atoms with Crippen LogP contribution in [0.15, 0.2) is 91.8 Å². The number of fused-ring (bicyclic) bond motifs is 7. The van der Waals surface area contributed by atoms with Crippen molar-refractivity contribution in [3.63, 3.8) is 0 Å². The van der Waals surface area contributed by atoms with Gasteiger partial charge in [-0.1, -0.05) is 43.3 Å². The first-order valence-corrected chi connectivity index (χ1v) is 66.4. The highest BCUT2D eigenvalue weighted by Gasteiger charge is 2.53. The summed E-state index contributed by atoms with van der Waals surface area (Å²) in [6, 6.07) is 10.4. The molecule has 4 fully saturated rings. The molecule has 0 saturated carbocycles. The number of alkyl halides is 6. The molecule has 0 spiro atoms. The van der Waals surface area contributed by atoms with E-state index in [9.17, 15) is 58.0 Å². The fourth-order valence-corrected chi connectivity index (χ4v) is 127. The summed E-state index contributed by atoms with van der Waals surface area (Å²) in [6.45, 7) is 23.5. The van der Waals surface area contributed by atoms with Gasteiger partial charge in [-0.3, -0.25) is 53.0 Å². The van der Waals surface area contributed by atoms with E-state index in [4.69, 9.17) is 23.8 Å². The molecule has 0 radical (unpaired) electrons. The molecule has 12 heterocycles. The molecule has 15 rings (SSSR count). The third kappa shape index (κ3) is 28.7. The normalized spacial score (nSPS) is 21.2. The predicted molar refractivity (Wildman–Crippen MR) is 526 cm³/mol. The molecule has 0 aliphatic carbocycles. The number of rotatable bonds is 23. The average Bonchev–Trinajstić information content (AvgIpc) is 1.59. The number of carbonyl (C=O) groups is 1. The third-order valence-corrected chi connectivity index (χ3v) is 95.5. The lowest BCUT2D eigenvalue weighted by molar-refractivity contribution is -0.137. The Hall–Kier alpha value is -3.74. The van der Waals surface area contributed by atoms with Crippen LogP contribution in [-0.4, -0.2) is 231 Å². The van der Waals surface area contributed by atoms with Crippen molar-refractivity contribution in [2.24, 2.45) is 0 Å². The van der Waals surface area contributed by atoms with Gasteiger partial charge in [0.15, 0.2) is 0 Å². The monoisotopic (exact) mass is 2070 g/mol. The number of pyridine rings is 3. The van der Waals surface area contributed by atoms with Gasteiger partial charge < -0.3 is 25.3 Å². The van der Waals surface area contributed by atoms with Gasteiger partial charge in [0.25, 0.3) is 17.8 Å². The Bertz CT molecular complexity index is 5460. The molecule has 128 heavy (non-hydrogen) atoms. The summed E-state index contributed by atoms with van der Waals surface area (Å²) in [4.78, 5) is 39.1. The minimum atomic E-state index is -3.57. The summed E-state index contributed by atoms with van der Waals surface area (Å²) in [5.41, 5.74) is 11.9. The Balaban J connectivity index is 0.000000176. The highest BCUT2D eigenvalue weighted by atomic mass is 33.3. The minimum absolute atomic E-state index is 0.103. The molecule has 11 unspecified atom stereocenters. The third-order valence-electron chi connectivity index (χ3n) is 19.9. The molecule has 3 aromatic carbocycles. The number of halogens is 9. The van der Waals surface area contributed by atoms with Crippen LogP contribution in [0.2, 0.25) is 0 Å². The Morgan fingerprint density at radius 1 is 0.547 bits per heavy atom. The molecule has 704 valence electrons. The smallest absolute Gasteiger partial charge is 0.345 e. The molecule has 0 amide bonds. The van der Waals surface area contributed by atoms with Crippen molar-refractivity contribution in [3.05, 3.63) is 138 Å². The number of carboxylic acids is 1. The van der Waals surface area contributed by atoms with Crippen LogP contribution in [0.3, 0.4) is 0 Å². The van der Waals surface area contributed by atoms with Gasteiger partial charge in [0.1, 0.15) is 77.9 Å². The van der Waals surface area contributed by atoms with Gasteiger partial charge in [-0.15, -0.1) is 77.8 Å². The van der Waals surface area contributed by atoms with Crippen molar-refractivity contribution in [3.8, 4) is 0 Å². The highest BCUT2D eigenvalue weighted by Crippen LogP contribution is 3.16. The van der Waals surface area contributed by atoms with Crippen molar-refractivity contribution in [1.29, 1.82) is 0 Å². The van der Waals surface area contributed by atoms with Gasteiger partial charge in [0, 0.05) is 66.5 Å². The van der Waals surface area contributed by atoms with Gasteiger partial charge in [-0.2, -0.15) is 0 Å². The molecular weight excluding hydrogens is 1960 g/mol. The highest BCUT2D eigenvalue weighted by molar-refractivity contribution is 9.21. The molecule has 4 aliphatic heterocycles. The van der Waals surface area contributed by atoms with Gasteiger partial charge in [-0.05, 0) is 185 Å². The molecule has 30 nitrogen and oxygen atoms in total. The fraction of sp³-hybridized carbons (Fsp3) is 0.514. The van der Waals surface area contributed by atoms with E-state index in [1.54, 1.807) is 134 Å². The Morgan fingerprint density at radius 2 is 0.906 bits per heavy atom. The SMILES string of the molecule is CCCP1(=O)OP(=O)(CCC)OP(=O)(CCC)O1.CCN(C(C)C)C(C)C.CN1CC(Nc2c(N)cnc3ccc(F)cc23)C(F)(F)C1.Cc1cn(CC(=O)O)nn1.Cc1cn(Cc2nc3cnc4ccc(F)cc4c3n2C2CN(C)CC2(F)F)nn1.Cc1cn(Cc2nc3cnc4ccc(F)cc4c3n2C2CN(C)CC2(F)F)nn1.PP(P)P(P)P(P(P)P)P(P)P. The number of aryl methyl sites for hydroxylation is 3. The van der Waals surface area contributed by atoms with Crippen molar-refractivity contribution >= 4 is 192 Å². The molecule has 4 aliphatic rings. The number of likely N-dealkylation sites (tertiary alicyclic amines) is 3. The lowest BCUT2D eigenvalue weighted by Gasteiger charge is -2.33. The number of anilines is 2. The van der Waals surface area contributed by atoms with Crippen LogP contribution >= 0.6 is 120 Å². The van der Waals surface area contributed by atoms with Crippen LogP contribution in [0.5, 0.6) is 0 Å². The van der Waals surface area contributed by atoms with Gasteiger partial charge in [-0.25, -0.2) is 76.5 Å². The molecule has 8 aromatic heterocycles. The minimum Gasteiger partial charge on any atom is -0.480 e. The Morgan fingerprint density at radius 3 is 1.20 bits per heavy atom. The van der Waals surface area contributed by atoms with E-state index in [-0.39, 0.29) is 118 Å². The fourth-order valence-electron chi connectivity index (χ4n) is 14.9. The van der Waals surface area contributed by atoms with Gasteiger partial charge >= 0.3 is 28.8 Å². The van der Waals surface area contributed by atoms with E-state index in [1.807, 2.05) is 0 Å². The number of aromatic nitrogens is 16. The predicted octanol–water partition coefficient (Wildman–Crippen LogP) is 21.1. The second kappa shape index (κ2) is 46.9. The van der Waals surface area contributed by atoms with E-state index in [1.165, 1.54) is 58.2 Å². The molecule has 4 N–H and O–H groups in total. The molecular formula is C74H112F9N22O8P15. The van der Waals surface area contributed by atoms with E-state index < -0.39 is 82.1 Å². The standard InChI is InChI=1S/2C19H18F3N7.C14H15F3N4.C9H21O6P3.C8H19N.C5H7N3O2.H14P12/c2*1-11-7-28(26-25-11)9-17-24-15-6-23-14-4-3-12(20)5-13(14)18(15)29(17)16-8-27(2)10-19(16,21)22;1-21-6-12(14(16,17)7-21)20-13-9-4-8(15)2-3-11(9)19-5-10(13)18;1-4-7-16(10)13-17(11,8-5-2)15-18(12,14-16)9-6-3;1-6-9(7(2)3)8(4)5;1-4-2-8(7-6-4)3-5(9)10;1-8(2)11(7)12(9(3)4)10(5)6/h2*3-7,16H,8-10H2,1-2H3;2-5,12H,6-7,18H2,1H3,(H,19,20);4-9H2,1-3H3;7-8H,6H2,1-5H3;2H,3H2,1H3,(H,9,10);1-7H2. The first kappa shape index (κ1) is 108. The summed E-state index contributed by atoms with van der Waals surface area (Å²) in [5, 5.41) is 35.5. The number of hydrogen-bond acceptors (Lipinski definition) is 24. The van der Waals surface area contributed by atoms with Crippen LogP contribution < -0.4 is 11.1 Å². The van der Waals surface area contributed by atoms with Crippen molar-refractivity contribution in [1.82, 2.24) is 98.6 Å². The average molecular weight is 2070 g/mol. The maximum atomic E-state index is 14.9. The second-order valence-corrected chi connectivity index (χ2v) is 83.4. The summed E-state index contributed by atoms with van der Waals surface area (Å²) < 4.78 is 189. The molecule has 11 atom stereocenters. The first-order chi connectivity index (χ1) is 59.9. The zero-order chi connectivity index (χ0) is 94.6. The van der Waals surface area contributed by atoms with Crippen molar-refractivity contribution < 1.29 is 76.0 Å². The lowest BCUT2D eigenvalue weighted by atomic mass is 10.1. The number of benzene rings is 3. The zero-order valence-corrected chi connectivity index (χ0v) is 88.4. The largest absolute Gasteiger partial charge is 0.480 e. The molecule has 11 aromatic rings. The summed E-state index contributed by atoms with van der Waals surface area (Å²) in [6.07, 6.45) is 11.4. The Labute approximate surface area is 759 Å². The number of nitrogens with one attached hydrogen (secondary N) is 1. The summed E-state index contributed by atoms with van der Waals surface area (Å²) in [5.74, 6) is -10.3. The molecule has 0 bridgehead atoms. The quantitative estimate of drug-likeness (QED) is 0.0395. The molecule has 54 heteroatoms. The van der Waals surface area contributed by atoms with Crippen LogP contribution in [0, 0.1) is 38.2 Å². The van der Waals surface area contributed by atoms with Gasteiger partial charge in [0.2, 0.25) is 0 Å². The number of nitrogen functional groups attached to an aromatic ring is 1. The lowest BCUT2D eigenvalue weighted by Crippen LogP contribution is -2.38. The number of imidazole rings is 2. The van der Waals surface area contributed by atoms with E-state index in [0.29, 0.717) is 115 Å². The number of carboxylic acid groups (broad SMARTS) is 1. The van der Waals surface area contributed by atoms with Crippen molar-refractivity contribution in [2.75, 3.05) is 96.5 Å². The number of hydrogen-bond donors (Lipinski definition) is 3. The maximum Gasteiger partial charge on any atom is 0.345 e. The number of likely N-dealkylation sites (N-methyl/N-ethyl adjacent to an activating group) is 3. The van der Waals surface area contributed by atoms with Crippen LogP contribution in [0.1, 0.15) is 115 Å². The van der Waals surface area contributed by atoms with Crippen LogP contribution in [-0.2, 0) is 51.1 Å². The summed E-state index contributed by atoms with van der Waals surface area (Å²) >= 11 is 0. The topological polar surface area (TPSA) is 334 Å². The Kier molecular flexibility index (Phi) is 39.5.